The monoisotopic (exact) mass is 287 g/mol. The Morgan fingerprint density at radius 1 is 1.24 bits per heavy atom. The summed E-state index contributed by atoms with van der Waals surface area (Å²) in [4.78, 5) is 13.2. The first-order valence-corrected chi connectivity index (χ1v) is 7.19. The molecule has 0 aliphatic heterocycles. The molecule has 0 saturated carbocycles. The van der Waals surface area contributed by atoms with E-state index < -0.39 is 5.97 Å². The highest BCUT2D eigenvalue weighted by molar-refractivity contribution is 5.69. The van der Waals surface area contributed by atoms with E-state index in [4.69, 9.17) is 4.42 Å². The highest BCUT2D eigenvalue weighted by Crippen LogP contribution is 2.31. The highest BCUT2D eigenvalue weighted by Gasteiger charge is 2.29. The molecule has 0 radical (unpaired) electrons. The number of rotatable bonds is 7. The average molecular weight is 287 g/mol. The van der Waals surface area contributed by atoms with Gasteiger partial charge in [-0.3, -0.25) is 9.69 Å². The van der Waals surface area contributed by atoms with Gasteiger partial charge < -0.3 is 9.52 Å². The average Bonchev–Trinajstić information content (AvgIpc) is 3.00. The molecule has 2 aromatic rings. The Morgan fingerprint density at radius 2 is 1.95 bits per heavy atom. The van der Waals surface area contributed by atoms with Gasteiger partial charge in [0, 0.05) is 6.04 Å². The SMILES string of the molecule is CCC(C)N(CC(=O)O)C(c1ccccc1)c1ccco1. The second-order valence-electron chi connectivity index (χ2n) is 5.15. The van der Waals surface area contributed by atoms with E-state index in [0.717, 1.165) is 17.7 Å². The van der Waals surface area contributed by atoms with Crippen molar-refractivity contribution in [2.45, 2.75) is 32.4 Å². The molecule has 0 saturated heterocycles. The zero-order valence-electron chi connectivity index (χ0n) is 12.4. The molecule has 2 rings (SSSR count). The lowest BCUT2D eigenvalue weighted by atomic mass is 10.00. The van der Waals surface area contributed by atoms with Crippen LogP contribution in [0.2, 0.25) is 0 Å². The minimum absolute atomic E-state index is 0.0186. The Balaban J connectivity index is 2.43. The zero-order chi connectivity index (χ0) is 15.2. The number of aliphatic carboxylic acids is 1. The van der Waals surface area contributed by atoms with Gasteiger partial charge in [0.05, 0.1) is 18.8 Å². The molecule has 0 spiro atoms. The van der Waals surface area contributed by atoms with Crippen LogP contribution >= 0.6 is 0 Å². The lowest BCUT2D eigenvalue weighted by molar-refractivity contribution is -0.139. The quantitative estimate of drug-likeness (QED) is 0.846. The van der Waals surface area contributed by atoms with E-state index in [9.17, 15) is 9.90 Å². The summed E-state index contributed by atoms with van der Waals surface area (Å²) in [5.41, 5.74) is 1.04. The third-order valence-electron chi connectivity index (χ3n) is 3.73. The standard InChI is InChI=1S/C17H21NO3/c1-3-13(2)18(12-16(19)20)17(15-10-7-11-21-15)14-8-5-4-6-9-14/h4-11,13,17H,3,12H2,1-2H3,(H,19,20). The van der Waals surface area contributed by atoms with Crippen LogP contribution in [0.15, 0.2) is 53.1 Å². The molecule has 4 heteroatoms. The van der Waals surface area contributed by atoms with Crippen LogP contribution in [0.4, 0.5) is 0 Å². The number of benzene rings is 1. The van der Waals surface area contributed by atoms with Crippen LogP contribution in [0.3, 0.4) is 0 Å². The predicted molar refractivity (Wildman–Crippen MR) is 81.1 cm³/mol. The van der Waals surface area contributed by atoms with Gasteiger partial charge in [-0.1, -0.05) is 37.3 Å². The Labute approximate surface area is 125 Å². The lowest BCUT2D eigenvalue weighted by Gasteiger charge is -2.34. The summed E-state index contributed by atoms with van der Waals surface area (Å²) < 4.78 is 5.57. The largest absolute Gasteiger partial charge is 0.480 e. The van der Waals surface area contributed by atoms with Crippen LogP contribution in [-0.2, 0) is 4.79 Å². The molecule has 1 aromatic carbocycles. The number of hydrogen-bond acceptors (Lipinski definition) is 3. The topological polar surface area (TPSA) is 53.7 Å². The number of furan rings is 1. The summed E-state index contributed by atoms with van der Waals surface area (Å²) in [6.07, 6.45) is 2.50. The van der Waals surface area contributed by atoms with Gasteiger partial charge in [-0.05, 0) is 31.0 Å². The molecular formula is C17H21NO3. The predicted octanol–water partition coefficient (Wildman–Crippen LogP) is 3.55. The van der Waals surface area contributed by atoms with Crippen molar-refractivity contribution < 1.29 is 14.3 Å². The minimum Gasteiger partial charge on any atom is -0.480 e. The van der Waals surface area contributed by atoms with Gasteiger partial charge in [0.25, 0.3) is 0 Å². The first-order chi connectivity index (χ1) is 10.1. The van der Waals surface area contributed by atoms with E-state index in [1.165, 1.54) is 0 Å². The second kappa shape index (κ2) is 7.09. The maximum Gasteiger partial charge on any atom is 0.317 e. The van der Waals surface area contributed by atoms with Crippen molar-refractivity contribution in [3.8, 4) is 0 Å². The molecule has 2 atom stereocenters. The summed E-state index contributed by atoms with van der Waals surface area (Å²) in [5, 5.41) is 9.25. The zero-order valence-corrected chi connectivity index (χ0v) is 12.4. The molecular weight excluding hydrogens is 266 g/mol. The van der Waals surface area contributed by atoms with E-state index in [-0.39, 0.29) is 18.6 Å². The van der Waals surface area contributed by atoms with E-state index in [1.807, 2.05) is 54.3 Å². The summed E-state index contributed by atoms with van der Waals surface area (Å²) in [6.45, 7) is 4.08. The normalized spacial score (nSPS) is 14.0. The van der Waals surface area contributed by atoms with Gasteiger partial charge in [-0.2, -0.15) is 0 Å². The molecule has 21 heavy (non-hydrogen) atoms. The van der Waals surface area contributed by atoms with Crippen LogP contribution in [0, 0.1) is 0 Å². The Bertz CT molecular complexity index is 551. The second-order valence-corrected chi connectivity index (χ2v) is 5.15. The van der Waals surface area contributed by atoms with Gasteiger partial charge >= 0.3 is 5.97 Å². The van der Waals surface area contributed by atoms with Crippen molar-refractivity contribution in [2.75, 3.05) is 6.54 Å². The van der Waals surface area contributed by atoms with Crippen LogP contribution in [-0.4, -0.2) is 28.6 Å². The molecule has 4 nitrogen and oxygen atoms in total. The third kappa shape index (κ3) is 3.73. The van der Waals surface area contributed by atoms with Crippen molar-refractivity contribution in [1.82, 2.24) is 4.90 Å². The molecule has 1 N–H and O–H groups in total. The van der Waals surface area contributed by atoms with Crippen molar-refractivity contribution in [3.05, 3.63) is 60.1 Å². The van der Waals surface area contributed by atoms with Crippen LogP contribution in [0.25, 0.3) is 0 Å². The fraction of sp³-hybridized carbons (Fsp3) is 0.353. The van der Waals surface area contributed by atoms with Gasteiger partial charge in [-0.25, -0.2) is 0 Å². The van der Waals surface area contributed by atoms with E-state index in [0.29, 0.717) is 0 Å². The lowest BCUT2D eigenvalue weighted by Crippen LogP contribution is -2.40. The van der Waals surface area contributed by atoms with E-state index in [1.54, 1.807) is 6.26 Å². The van der Waals surface area contributed by atoms with Gasteiger partial charge in [-0.15, -0.1) is 0 Å². The van der Waals surface area contributed by atoms with Crippen molar-refractivity contribution >= 4 is 5.97 Å². The van der Waals surface area contributed by atoms with Gasteiger partial charge in [0.2, 0.25) is 0 Å². The van der Waals surface area contributed by atoms with E-state index >= 15 is 0 Å². The molecule has 1 aromatic heterocycles. The van der Waals surface area contributed by atoms with E-state index in [2.05, 4.69) is 6.92 Å². The minimum atomic E-state index is -0.831. The molecule has 112 valence electrons. The number of carboxylic acid groups (broad SMARTS) is 1. The van der Waals surface area contributed by atoms with Crippen LogP contribution < -0.4 is 0 Å². The molecule has 1 heterocycles. The number of carbonyl (C=O) groups is 1. The fourth-order valence-electron chi connectivity index (χ4n) is 2.49. The Hall–Kier alpha value is -2.07. The molecule has 0 aliphatic rings. The number of nitrogens with zero attached hydrogens (tertiary/aromatic N) is 1. The van der Waals surface area contributed by atoms with Gasteiger partial charge in [0.15, 0.2) is 0 Å². The third-order valence-corrected chi connectivity index (χ3v) is 3.73. The molecule has 0 fully saturated rings. The highest BCUT2D eigenvalue weighted by atomic mass is 16.4. The van der Waals surface area contributed by atoms with Crippen LogP contribution in [0.5, 0.6) is 0 Å². The Kier molecular flexibility index (Phi) is 5.17. The van der Waals surface area contributed by atoms with Crippen molar-refractivity contribution in [1.29, 1.82) is 0 Å². The molecule has 2 unspecified atom stereocenters. The summed E-state index contributed by atoms with van der Waals surface area (Å²) >= 11 is 0. The maximum atomic E-state index is 11.3. The maximum absolute atomic E-state index is 11.3. The summed E-state index contributed by atoms with van der Waals surface area (Å²) in [7, 11) is 0. The van der Waals surface area contributed by atoms with Crippen LogP contribution in [0.1, 0.15) is 37.6 Å². The molecule has 0 amide bonds. The van der Waals surface area contributed by atoms with Crippen molar-refractivity contribution in [2.24, 2.45) is 0 Å². The first kappa shape index (κ1) is 15.3. The van der Waals surface area contributed by atoms with Crippen molar-refractivity contribution in [3.63, 3.8) is 0 Å². The first-order valence-electron chi connectivity index (χ1n) is 7.19. The number of carboxylic acids is 1. The summed E-state index contributed by atoms with van der Waals surface area (Å²) in [6, 6.07) is 13.6. The fourth-order valence-corrected chi connectivity index (χ4v) is 2.49. The number of hydrogen-bond donors (Lipinski definition) is 1. The van der Waals surface area contributed by atoms with Gasteiger partial charge in [0.1, 0.15) is 5.76 Å². The Morgan fingerprint density at radius 3 is 2.48 bits per heavy atom. The molecule has 0 bridgehead atoms. The smallest absolute Gasteiger partial charge is 0.317 e. The molecule has 0 aliphatic carbocycles. The summed E-state index contributed by atoms with van der Waals surface area (Å²) in [5.74, 6) is -0.0643.